The van der Waals surface area contributed by atoms with Crippen LogP contribution >= 0.6 is 36.1 Å². The number of hydrogen-bond acceptors (Lipinski definition) is 37. The standard InChI is InChI=1S/C43H31N9O25S7.7Na/c1-71-21-7-10-25(28(16-21)78-75-72-56)46-52-39-33(83(65,66)67)17-24-23(41(39)54)9-11-27(43(24)84(68,69)70)48-51-38-32(82(62,63)64)15-19-14-30(80-77-74-58)37(42(55)34(19)35(38)44)49-45-20-6-8-22-18(12-20)13-29(79-76-73-57)36(40(22)53)50-47-26-4-2-3-5-31(26)81(59,60)61;;;;;;;/h2-17,53-58H,44H2,1H3,(H,59,60,61)(H,62,63,64)(H,65,66,67)(H,68,69,70);;;;;;;/q;7*+1/p-7. The van der Waals surface area contributed by atoms with Crippen LogP contribution in [0.4, 0.5) is 51.2 Å². The number of anilines is 1. The largest absolute Gasteiger partial charge is 1.00 e. The third-order valence-corrected chi connectivity index (χ3v) is 16.5. The summed E-state index contributed by atoms with van der Waals surface area (Å²) in [6.45, 7) is 0. The SMILES string of the molecule is COc1ccc(N=Nc2c(S(=O)(=O)[O-])cc3c(S(=O)(=O)[O-])c(N=Nc4c(S(=O)(=O)[O-])cc5cc(SOO[O-])c(N=Nc6ccc7c(O)c(N=Nc8ccccc8S(=O)(=O)[O-])c(SOO[O-])cc7c6)c(O)c5c4N)ccc3c2O)c(SOO[O-])c1.[Na+].[Na+].[Na+].[Na+].[Na+].[Na+].[Na+]. The molecule has 0 bridgehead atoms. The van der Waals surface area contributed by atoms with Crippen LogP contribution in [0, 0.1) is 0 Å². The molecule has 91 heavy (non-hydrogen) atoms. The fourth-order valence-corrected chi connectivity index (χ4v) is 11.8. The maximum absolute atomic E-state index is 13.0. The molecule has 0 aliphatic carbocycles. The smallest absolute Gasteiger partial charge is 0.744 e. The van der Waals surface area contributed by atoms with Crippen molar-refractivity contribution in [3.8, 4) is 23.0 Å². The second-order valence-electron chi connectivity index (χ2n) is 15.9. The van der Waals surface area contributed by atoms with Gasteiger partial charge in [0, 0.05) is 16.2 Å². The molecule has 0 unspecified atom stereocenters. The average Bonchev–Trinajstić information content (AvgIpc) is 0.830. The van der Waals surface area contributed by atoms with E-state index in [9.17, 15) is 83.0 Å². The van der Waals surface area contributed by atoms with Gasteiger partial charge in [0.15, 0.2) is 17.2 Å². The summed E-state index contributed by atoms with van der Waals surface area (Å²) in [5.41, 5.74) is 0.363. The molecule has 0 aromatic heterocycles. The summed E-state index contributed by atoms with van der Waals surface area (Å²) < 4.78 is 169. The van der Waals surface area contributed by atoms with Gasteiger partial charge in [-0.25, -0.2) is 33.7 Å². The molecule has 0 aliphatic rings. The van der Waals surface area contributed by atoms with E-state index in [0.717, 1.165) is 24.3 Å². The number of nitrogen functional groups attached to an aromatic ring is 1. The van der Waals surface area contributed by atoms with Gasteiger partial charge in [-0.15, -0.1) is 35.8 Å². The first kappa shape index (κ1) is 88.3. The molecule has 34 nitrogen and oxygen atoms in total. The van der Waals surface area contributed by atoms with Crippen molar-refractivity contribution in [1.82, 2.24) is 0 Å². The summed E-state index contributed by atoms with van der Waals surface area (Å²) in [6, 6.07) is 16.8. The van der Waals surface area contributed by atoms with Crippen LogP contribution in [0.5, 0.6) is 23.0 Å². The van der Waals surface area contributed by atoms with E-state index in [-0.39, 0.29) is 281 Å². The van der Waals surface area contributed by atoms with E-state index in [0.29, 0.717) is 18.2 Å². The van der Waals surface area contributed by atoms with E-state index in [1.807, 2.05) is 0 Å². The van der Waals surface area contributed by atoms with Gasteiger partial charge in [0.1, 0.15) is 86.0 Å². The summed E-state index contributed by atoms with van der Waals surface area (Å²) >= 11 is 0.560. The maximum atomic E-state index is 13.0. The number of benzene rings is 8. The van der Waals surface area contributed by atoms with Crippen molar-refractivity contribution in [1.29, 1.82) is 0 Å². The molecule has 0 radical (unpaired) electrons. The van der Waals surface area contributed by atoms with Gasteiger partial charge in [0.05, 0.1) is 94.3 Å². The zero-order valence-electron chi connectivity index (χ0n) is 47.6. The van der Waals surface area contributed by atoms with E-state index in [1.54, 1.807) is 0 Å². The van der Waals surface area contributed by atoms with Crippen LogP contribution < -0.4 is 233 Å². The number of ether oxygens (including phenoxy) is 1. The van der Waals surface area contributed by atoms with Crippen LogP contribution in [0.3, 0.4) is 0 Å². The molecule has 8 aromatic carbocycles. The molecule has 440 valence electrons. The maximum Gasteiger partial charge on any atom is 1.00 e. The summed E-state index contributed by atoms with van der Waals surface area (Å²) in [4.78, 5) is -5.67. The van der Waals surface area contributed by atoms with Crippen LogP contribution in [-0.2, 0) is 68.6 Å². The predicted octanol–water partition coefficient (Wildman–Crippen LogP) is -14.1. The number of nitrogens with zero attached hydrogens (tertiary/aromatic N) is 8. The second-order valence-corrected chi connectivity index (χ2v) is 23.5. The van der Waals surface area contributed by atoms with E-state index < -0.39 is 144 Å². The van der Waals surface area contributed by atoms with Crippen LogP contribution in [0.25, 0.3) is 32.3 Å². The number of fused-ring (bicyclic) bond motifs is 3. The number of nitrogens with two attached hydrogens (primary N) is 1. The Balaban J connectivity index is 0.00000591. The molecule has 5 N–H and O–H groups in total. The second kappa shape index (κ2) is 38.0. The zero-order valence-corrected chi connectivity index (χ0v) is 67.3. The van der Waals surface area contributed by atoms with Crippen molar-refractivity contribution in [2.75, 3.05) is 12.8 Å². The summed E-state index contributed by atoms with van der Waals surface area (Å²) in [5, 5.41) is 105. The van der Waals surface area contributed by atoms with Crippen LogP contribution in [0.2, 0.25) is 0 Å². The van der Waals surface area contributed by atoms with Gasteiger partial charge in [-0.3, -0.25) is 15.1 Å². The number of hydrogen-bond donors (Lipinski definition) is 4. The molecule has 0 fully saturated rings. The van der Waals surface area contributed by atoms with Gasteiger partial charge >= 0.3 is 207 Å². The van der Waals surface area contributed by atoms with Crippen molar-refractivity contribution in [3.05, 3.63) is 97.1 Å². The minimum absolute atomic E-state index is 0. The fourth-order valence-electron chi connectivity index (χ4n) is 7.63. The molecule has 0 heterocycles. The Morgan fingerprint density at radius 1 is 0.429 bits per heavy atom. The molecule has 0 amide bonds. The van der Waals surface area contributed by atoms with Crippen LogP contribution in [0.1, 0.15) is 0 Å². The van der Waals surface area contributed by atoms with Crippen molar-refractivity contribution in [2.24, 2.45) is 40.9 Å². The first-order valence-corrected chi connectivity index (χ1v) is 29.5. The molecule has 48 heteroatoms. The van der Waals surface area contributed by atoms with Crippen molar-refractivity contribution >= 4 is 160 Å². The number of phenols is 3. The van der Waals surface area contributed by atoms with E-state index in [2.05, 4.69) is 69.0 Å². The topological polar surface area (TPSA) is 548 Å². The number of methoxy groups -OCH3 is 1. The Morgan fingerprint density at radius 2 is 0.901 bits per heavy atom. The predicted molar refractivity (Wildman–Crippen MR) is 273 cm³/mol. The molecular formula is C43H24N9Na7O25S7. The first-order chi connectivity index (χ1) is 39.7. The summed E-state index contributed by atoms with van der Waals surface area (Å²) in [6.07, 6.45) is 0. The number of aromatic hydroxyl groups is 3. The van der Waals surface area contributed by atoms with Gasteiger partial charge in [-0.1, -0.05) is 12.1 Å². The minimum Gasteiger partial charge on any atom is -0.744 e. The third-order valence-electron chi connectivity index (χ3n) is 11.1. The number of rotatable bonds is 22. The third kappa shape index (κ3) is 21.2. The van der Waals surface area contributed by atoms with Crippen LogP contribution in [0.15, 0.2) is 172 Å². The van der Waals surface area contributed by atoms with Gasteiger partial charge in [-0.2, -0.15) is 18.1 Å². The van der Waals surface area contributed by atoms with E-state index in [4.69, 9.17) is 10.5 Å². The average molecular weight is 1450 g/mol. The number of phenolic OH excluding ortho intramolecular Hbond substituents is 3. The molecule has 0 saturated heterocycles. The zero-order chi connectivity index (χ0) is 61.1. The van der Waals surface area contributed by atoms with Crippen molar-refractivity contribution < 1.29 is 323 Å². The molecule has 0 aliphatic heterocycles. The van der Waals surface area contributed by atoms with Gasteiger partial charge < -0.3 is 59.8 Å². The Kier molecular flexibility index (Phi) is 36.9. The summed E-state index contributed by atoms with van der Waals surface area (Å²) in [7, 11) is -21.2. The van der Waals surface area contributed by atoms with Gasteiger partial charge in [0.25, 0.3) is 0 Å². The fraction of sp³-hybridized carbons (Fsp3) is 0.0233. The number of azo groups is 4. The molecule has 0 saturated carbocycles. The molecule has 0 atom stereocenters. The Hall–Kier alpha value is -0.730. The molecule has 8 aromatic rings. The normalized spacial score (nSPS) is 11.9. The first-order valence-electron chi connectivity index (χ1n) is 21.6. The van der Waals surface area contributed by atoms with Gasteiger partial charge in [0.2, 0.25) is 0 Å². The Bertz CT molecular complexity index is 4610. The Morgan fingerprint density at radius 3 is 1.47 bits per heavy atom. The monoisotopic (exact) mass is 1450 g/mol. The van der Waals surface area contributed by atoms with Crippen LogP contribution in [-0.4, -0.2) is 74.3 Å². The molecule has 0 spiro atoms. The van der Waals surface area contributed by atoms with E-state index in [1.165, 1.54) is 61.7 Å². The molecule has 8 rings (SSSR count). The van der Waals surface area contributed by atoms with Crippen molar-refractivity contribution in [3.63, 3.8) is 0 Å². The van der Waals surface area contributed by atoms with Gasteiger partial charge in [-0.05, 0) is 95.7 Å². The van der Waals surface area contributed by atoms with Crippen molar-refractivity contribution in [2.45, 2.75) is 34.3 Å². The summed E-state index contributed by atoms with van der Waals surface area (Å²) in [5.74, 6) is -2.74. The van der Waals surface area contributed by atoms with E-state index >= 15 is 0 Å². The Labute approximate surface area is 680 Å². The molecular weight excluding hydrogens is 1430 g/mol. The minimum atomic E-state index is -5.93. The quantitative estimate of drug-likeness (QED) is 0.00931.